The number of halogens is 1. The number of rotatable bonds is 3. The van der Waals surface area contributed by atoms with E-state index in [-0.39, 0.29) is 5.41 Å². The third-order valence-electron chi connectivity index (χ3n) is 2.71. The summed E-state index contributed by atoms with van der Waals surface area (Å²) in [4.78, 5) is 13.2. The van der Waals surface area contributed by atoms with Crippen LogP contribution in [0.3, 0.4) is 0 Å². The normalized spacial score (nSPS) is 11.6. The van der Waals surface area contributed by atoms with Gasteiger partial charge in [0.15, 0.2) is 0 Å². The molecule has 0 radical (unpaired) electrons. The highest BCUT2D eigenvalue weighted by Crippen LogP contribution is 2.22. The molecule has 5 nitrogen and oxygen atoms in total. The third-order valence-corrected chi connectivity index (χ3v) is 3.12. The quantitative estimate of drug-likeness (QED) is 0.882. The van der Waals surface area contributed by atoms with E-state index >= 15 is 0 Å². The number of nitrogens with one attached hydrogen (secondary N) is 1. The number of hydrogen-bond donors (Lipinski definition) is 1. The maximum absolute atomic E-state index is 4.54. The monoisotopic (exact) mass is 323 g/mol. The molecule has 2 heterocycles. The van der Waals surface area contributed by atoms with Crippen molar-refractivity contribution in [2.45, 2.75) is 32.7 Å². The smallest absolute Gasteiger partial charge is 0.137 e. The first-order chi connectivity index (χ1) is 8.86. The molecule has 2 aromatic rings. The summed E-state index contributed by atoms with van der Waals surface area (Å²) in [5, 5.41) is 3.28. The average Bonchev–Trinajstić information content (AvgIpc) is 2.70. The fourth-order valence-corrected chi connectivity index (χ4v) is 1.96. The molecule has 0 aliphatic heterocycles. The van der Waals surface area contributed by atoms with Gasteiger partial charge in [-0.1, -0.05) is 20.8 Å². The number of nitrogens with zero attached hydrogens (tertiary/aromatic N) is 4. The van der Waals surface area contributed by atoms with Crippen molar-refractivity contribution < 1.29 is 0 Å². The van der Waals surface area contributed by atoms with Crippen LogP contribution in [0.4, 0.5) is 5.82 Å². The van der Waals surface area contributed by atoms with E-state index in [9.17, 15) is 0 Å². The van der Waals surface area contributed by atoms with Gasteiger partial charge in [-0.2, -0.15) is 0 Å². The number of aromatic nitrogens is 4. The molecule has 19 heavy (non-hydrogen) atoms. The number of imidazole rings is 1. The lowest BCUT2D eigenvalue weighted by atomic mass is 9.96. The second kappa shape index (κ2) is 5.28. The van der Waals surface area contributed by atoms with Crippen molar-refractivity contribution in [2.24, 2.45) is 7.05 Å². The molecule has 0 saturated heterocycles. The maximum atomic E-state index is 4.54. The summed E-state index contributed by atoms with van der Waals surface area (Å²) in [5.41, 5.74) is -0.0799. The van der Waals surface area contributed by atoms with Crippen LogP contribution in [0.1, 0.15) is 32.4 Å². The van der Waals surface area contributed by atoms with Crippen molar-refractivity contribution in [3.63, 3.8) is 0 Å². The Hall–Kier alpha value is -1.43. The fraction of sp³-hybridized carbons (Fsp3) is 0.462. The minimum Gasteiger partial charge on any atom is -0.363 e. The Balaban J connectivity index is 2.17. The first-order valence-electron chi connectivity index (χ1n) is 6.11. The van der Waals surface area contributed by atoms with Gasteiger partial charge < -0.3 is 9.88 Å². The minimum absolute atomic E-state index is 0.0799. The van der Waals surface area contributed by atoms with Crippen molar-refractivity contribution in [1.82, 2.24) is 19.5 Å². The van der Waals surface area contributed by atoms with Crippen LogP contribution < -0.4 is 5.32 Å². The lowest BCUT2D eigenvalue weighted by molar-refractivity contribution is 0.544. The van der Waals surface area contributed by atoms with Gasteiger partial charge in [-0.05, 0) is 15.9 Å². The van der Waals surface area contributed by atoms with Crippen molar-refractivity contribution in [1.29, 1.82) is 0 Å². The predicted molar refractivity (Wildman–Crippen MR) is 79.0 cm³/mol. The SMILES string of the molecule is Cn1ccnc1CNc1cc(Br)nc(C(C)(C)C)n1. The minimum atomic E-state index is -0.0799. The second-order valence-electron chi connectivity index (χ2n) is 5.46. The highest BCUT2D eigenvalue weighted by atomic mass is 79.9. The van der Waals surface area contributed by atoms with E-state index in [2.05, 4.69) is 57.0 Å². The molecule has 6 heteroatoms. The molecular weight excluding hydrogens is 306 g/mol. The molecule has 2 aromatic heterocycles. The molecule has 0 fully saturated rings. The van der Waals surface area contributed by atoms with Crippen LogP contribution in [0.5, 0.6) is 0 Å². The lowest BCUT2D eigenvalue weighted by Gasteiger charge is -2.17. The zero-order valence-electron chi connectivity index (χ0n) is 11.6. The van der Waals surface area contributed by atoms with Crippen LogP contribution in [-0.2, 0) is 19.0 Å². The summed E-state index contributed by atoms with van der Waals surface area (Å²) in [5.74, 6) is 2.58. The highest BCUT2D eigenvalue weighted by Gasteiger charge is 2.18. The Labute approximate surface area is 121 Å². The zero-order valence-corrected chi connectivity index (χ0v) is 13.2. The zero-order chi connectivity index (χ0) is 14.0. The van der Waals surface area contributed by atoms with Crippen LogP contribution in [0.2, 0.25) is 0 Å². The van der Waals surface area contributed by atoms with E-state index in [0.717, 1.165) is 22.1 Å². The predicted octanol–water partition coefficient (Wildman–Crippen LogP) is 2.88. The topological polar surface area (TPSA) is 55.6 Å². The Morgan fingerprint density at radius 3 is 2.63 bits per heavy atom. The van der Waals surface area contributed by atoms with Gasteiger partial charge in [-0.15, -0.1) is 0 Å². The summed E-state index contributed by atoms with van der Waals surface area (Å²) in [6, 6.07) is 1.87. The first kappa shape index (κ1) is 14.0. The van der Waals surface area contributed by atoms with E-state index in [1.54, 1.807) is 6.20 Å². The van der Waals surface area contributed by atoms with Crippen LogP contribution in [0, 0.1) is 0 Å². The van der Waals surface area contributed by atoms with Crippen molar-refractivity contribution in [2.75, 3.05) is 5.32 Å². The molecule has 2 rings (SSSR count). The van der Waals surface area contributed by atoms with Gasteiger partial charge in [-0.3, -0.25) is 0 Å². The van der Waals surface area contributed by atoms with Gasteiger partial charge >= 0.3 is 0 Å². The van der Waals surface area contributed by atoms with Gasteiger partial charge in [0, 0.05) is 30.9 Å². The van der Waals surface area contributed by atoms with Gasteiger partial charge in [0.2, 0.25) is 0 Å². The second-order valence-corrected chi connectivity index (χ2v) is 6.27. The van der Waals surface area contributed by atoms with Gasteiger partial charge in [0.1, 0.15) is 22.1 Å². The summed E-state index contributed by atoms with van der Waals surface area (Å²) >= 11 is 3.43. The molecule has 0 unspecified atom stereocenters. The summed E-state index contributed by atoms with van der Waals surface area (Å²) in [6.07, 6.45) is 3.71. The molecule has 0 bridgehead atoms. The van der Waals surface area contributed by atoms with Crippen LogP contribution >= 0.6 is 15.9 Å². The molecule has 0 atom stereocenters. The van der Waals surface area contributed by atoms with Crippen molar-refractivity contribution in [3.8, 4) is 0 Å². The van der Waals surface area contributed by atoms with Gasteiger partial charge in [-0.25, -0.2) is 15.0 Å². The molecule has 1 N–H and O–H groups in total. The Morgan fingerprint density at radius 2 is 2.05 bits per heavy atom. The summed E-state index contributed by atoms with van der Waals surface area (Å²) < 4.78 is 2.77. The molecule has 0 aromatic carbocycles. The first-order valence-corrected chi connectivity index (χ1v) is 6.91. The molecule has 0 spiro atoms. The molecule has 102 valence electrons. The van der Waals surface area contributed by atoms with Gasteiger partial charge in [0.25, 0.3) is 0 Å². The number of hydrogen-bond acceptors (Lipinski definition) is 4. The summed E-state index contributed by atoms with van der Waals surface area (Å²) in [7, 11) is 1.97. The van der Waals surface area contributed by atoms with E-state index in [4.69, 9.17) is 0 Å². The Morgan fingerprint density at radius 1 is 1.32 bits per heavy atom. The molecular formula is C13H18BrN5. The van der Waals surface area contributed by atoms with Gasteiger partial charge in [0.05, 0.1) is 6.54 Å². The molecule has 0 saturated carbocycles. The standard InChI is InChI=1S/C13H18BrN5/c1-13(2,3)12-17-9(14)7-10(18-12)16-8-11-15-5-6-19(11)4/h5-7H,8H2,1-4H3,(H,16,17,18). The van der Waals surface area contributed by atoms with Crippen LogP contribution in [-0.4, -0.2) is 19.5 Å². The number of anilines is 1. The largest absolute Gasteiger partial charge is 0.363 e. The van der Waals surface area contributed by atoms with Crippen LogP contribution in [0.25, 0.3) is 0 Å². The fourth-order valence-electron chi connectivity index (χ4n) is 1.58. The lowest BCUT2D eigenvalue weighted by Crippen LogP contribution is -2.17. The Bertz CT molecular complexity index is 571. The third kappa shape index (κ3) is 3.53. The van der Waals surface area contributed by atoms with Crippen LogP contribution in [0.15, 0.2) is 23.1 Å². The Kier molecular flexibility index (Phi) is 3.89. The molecule has 0 amide bonds. The molecule has 0 aliphatic rings. The van der Waals surface area contributed by atoms with E-state index < -0.39 is 0 Å². The van der Waals surface area contributed by atoms with Crippen molar-refractivity contribution in [3.05, 3.63) is 34.7 Å². The van der Waals surface area contributed by atoms with Crippen molar-refractivity contribution >= 4 is 21.7 Å². The number of aryl methyl sites for hydroxylation is 1. The van der Waals surface area contributed by atoms with E-state index in [0.29, 0.717) is 6.54 Å². The summed E-state index contributed by atoms with van der Waals surface area (Å²) in [6.45, 7) is 6.92. The van der Waals surface area contributed by atoms with E-state index in [1.165, 1.54) is 0 Å². The average molecular weight is 324 g/mol. The highest BCUT2D eigenvalue weighted by molar-refractivity contribution is 9.10. The molecule has 0 aliphatic carbocycles. The van der Waals surface area contributed by atoms with E-state index in [1.807, 2.05) is 23.9 Å². The maximum Gasteiger partial charge on any atom is 0.137 e.